The third-order valence-corrected chi connectivity index (χ3v) is 4.51. The predicted molar refractivity (Wildman–Crippen MR) is 107 cm³/mol. The van der Waals surface area contributed by atoms with Crippen molar-refractivity contribution in [1.82, 2.24) is 0 Å². The number of amides is 1. The van der Waals surface area contributed by atoms with Crippen LogP contribution in [-0.2, 0) is 9.53 Å². The summed E-state index contributed by atoms with van der Waals surface area (Å²) in [4.78, 5) is 13.2. The number of methoxy groups -OCH3 is 2. The number of hydrogen-bond acceptors (Lipinski definition) is 6. The summed E-state index contributed by atoms with van der Waals surface area (Å²) in [5, 5.41) is 2.87. The van der Waals surface area contributed by atoms with E-state index in [0.29, 0.717) is 42.8 Å². The van der Waals surface area contributed by atoms with E-state index in [2.05, 4.69) is 5.32 Å². The molecule has 0 aromatic heterocycles. The lowest BCUT2D eigenvalue weighted by atomic mass is 10.2. The first kappa shape index (κ1) is 20.9. The molecule has 0 heterocycles. The largest absolute Gasteiger partial charge is 0.494 e. The van der Waals surface area contributed by atoms with Crippen molar-refractivity contribution in [2.45, 2.75) is 11.8 Å². The van der Waals surface area contributed by atoms with Crippen LogP contribution in [0.5, 0.6) is 17.2 Å². The predicted octanol–water partition coefficient (Wildman–Crippen LogP) is 3.85. The minimum Gasteiger partial charge on any atom is -0.494 e. The smallest absolute Gasteiger partial charge is 0.234 e. The second kappa shape index (κ2) is 11.4. The fraction of sp³-hybridized carbons (Fsp3) is 0.350. The second-order valence-corrected chi connectivity index (χ2v) is 6.50. The third kappa shape index (κ3) is 7.03. The molecule has 0 radical (unpaired) electrons. The van der Waals surface area contributed by atoms with Crippen LogP contribution < -0.4 is 19.5 Å². The van der Waals surface area contributed by atoms with E-state index in [4.69, 9.17) is 18.9 Å². The number of nitrogens with one attached hydrogen (secondary N) is 1. The summed E-state index contributed by atoms with van der Waals surface area (Å²) in [6.45, 7) is 3.45. The molecule has 2 rings (SSSR count). The van der Waals surface area contributed by atoms with E-state index in [9.17, 15) is 4.79 Å². The van der Waals surface area contributed by atoms with Gasteiger partial charge in [0.1, 0.15) is 12.4 Å². The Morgan fingerprint density at radius 2 is 1.78 bits per heavy atom. The van der Waals surface area contributed by atoms with Gasteiger partial charge in [-0.2, -0.15) is 0 Å². The summed E-state index contributed by atoms with van der Waals surface area (Å²) in [5.41, 5.74) is 0.653. The highest BCUT2D eigenvalue weighted by atomic mass is 32.2. The molecular weight excluding hydrogens is 366 g/mol. The van der Waals surface area contributed by atoms with Gasteiger partial charge in [0.2, 0.25) is 5.91 Å². The molecule has 2 aromatic rings. The zero-order chi connectivity index (χ0) is 19.5. The Labute approximate surface area is 164 Å². The van der Waals surface area contributed by atoms with Gasteiger partial charge in [0.15, 0.2) is 11.5 Å². The molecule has 1 amide bonds. The van der Waals surface area contributed by atoms with Crippen molar-refractivity contribution in [3.05, 3.63) is 42.5 Å². The quantitative estimate of drug-likeness (QED) is 0.464. The molecule has 0 spiro atoms. The number of thioether (sulfide) groups is 1. The van der Waals surface area contributed by atoms with Gasteiger partial charge in [-0.3, -0.25) is 4.79 Å². The number of carbonyl (C=O) groups excluding carboxylic acids is 1. The molecule has 0 unspecified atom stereocenters. The maximum Gasteiger partial charge on any atom is 0.234 e. The first-order valence-electron chi connectivity index (χ1n) is 8.61. The summed E-state index contributed by atoms with van der Waals surface area (Å²) >= 11 is 1.46. The summed E-state index contributed by atoms with van der Waals surface area (Å²) < 4.78 is 21.3. The number of rotatable bonds is 11. The summed E-state index contributed by atoms with van der Waals surface area (Å²) in [7, 11) is 3.18. The maximum absolute atomic E-state index is 12.2. The monoisotopic (exact) mass is 391 g/mol. The highest BCUT2D eigenvalue weighted by molar-refractivity contribution is 8.00. The van der Waals surface area contributed by atoms with E-state index >= 15 is 0 Å². The van der Waals surface area contributed by atoms with Gasteiger partial charge in [-0.05, 0) is 43.3 Å². The molecule has 1 N–H and O–H groups in total. The summed E-state index contributed by atoms with van der Waals surface area (Å²) in [6.07, 6.45) is 0. The highest BCUT2D eigenvalue weighted by Gasteiger charge is 2.09. The van der Waals surface area contributed by atoms with E-state index in [-0.39, 0.29) is 5.91 Å². The Kier molecular flexibility index (Phi) is 8.80. The molecule has 0 aliphatic carbocycles. The molecule has 0 atom stereocenters. The molecule has 0 aliphatic rings. The van der Waals surface area contributed by atoms with Crippen LogP contribution in [0, 0.1) is 0 Å². The van der Waals surface area contributed by atoms with Crippen molar-refractivity contribution in [3.63, 3.8) is 0 Å². The molecular formula is C20H25NO5S. The number of carbonyl (C=O) groups is 1. The van der Waals surface area contributed by atoms with Crippen LogP contribution in [0.3, 0.4) is 0 Å². The Hall–Kier alpha value is -2.38. The van der Waals surface area contributed by atoms with E-state index < -0.39 is 0 Å². The minimum absolute atomic E-state index is 0.0955. The Morgan fingerprint density at radius 1 is 1.00 bits per heavy atom. The van der Waals surface area contributed by atoms with Crippen molar-refractivity contribution in [2.75, 3.05) is 45.1 Å². The van der Waals surface area contributed by atoms with Crippen molar-refractivity contribution < 1.29 is 23.7 Å². The van der Waals surface area contributed by atoms with Crippen LogP contribution in [-0.4, -0.2) is 45.7 Å². The molecule has 7 heteroatoms. The Bertz CT molecular complexity index is 721. The molecule has 0 bridgehead atoms. The van der Waals surface area contributed by atoms with Gasteiger partial charge >= 0.3 is 0 Å². The third-order valence-electron chi connectivity index (χ3n) is 3.50. The summed E-state index contributed by atoms with van der Waals surface area (Å²) in [5.74, 6) is 2.20. The van der Waals surface area contributed by atoms with Crippen LogP contribution in [0.25, 0.3) is 0 Å². The molecule has 0 fully saturated rings. The maximum atomic E-state index is 12.2. The Morgan fingerprint density at radius 3 is 2.44 bits per heavy atom. The highest BCUT2D eigenvalue weighted by Crippen LogP contribution is 2.30. The zero-order valence-corrected chi connectivity index (χ0v) is 16.6. The van der Waals surface area contributed by atoms with Crippen molar-refractivity contribution in [2.24, 2.45) is 0 Å². The fourth-order valence-electron chi connectivity index (χ4n) is 2.25. The number of benzene rings is 2. The van der Waals surface area contributed by atoms with Crippen molar-refractivity contribution >= 4 is 23.4 Å². The first-order valence-corrected chi connectivity index (χ1v) is 9.60. The fourth-order valence-corrected chi connectivity index (χ4v) is 2.95. The number of anilines is 1. The van der Waals surface area contributed by atoms with Gasteiger partial charge in [-0.1, -0.05) is 0 Å². The van der Waals surface area contributed by atoms with Crippen LogP contribution in [0.1, 0.15) is 6.92 Å². The lowest BCUT2D eigenvalue weighted by Gasteiger charge is -2.13. The van der Waals surface area contributed by atoms with Gasteiger partial charge in [0.05, 0.1) is 26.1 Å². The van der Waals surface area contributed by atoms with E-state index in [1.807, 2.05) is 31.2 Å². The second-order valence-electron chi connectivity index (χ2n) is 5.45. The van der Waals surface area contributed by atoms with Gasteiger partial charge in [0, 0.05) is 23.8 Å². The average Bonchev–Trinajstić information content (AvgIpc) is 2.68. The molecule has 0 aliphatic heterocycles. The SMILES string of the molecule is CCOc1ccc(SCC(=O)Nc2ccc(OC)c(OCCOC)c2)cc1. The van der Waals surface area contributed by atoms with Crippen LogP contribution in [0.15, 0.2) is 47.4 Å². The first-order chi connectivity index (χ1) is 13.2. The Balaban J connectivity index is 1.89. The lowest BCUT2D eigenvalue weighted by molar-refractivity contribution is -0.113. The van der Waals surface area contributed by atoms with Crippen LogP contribution in [0.4, 0.5) is 5.69 Å². The number of ether oxygens (including phenoxy) is 4. The summed E-state index contributed by atoms with van der Waals surface area (Å²) in [6, 6.07) is 13.0. The molecule has 0 saturated heterocycles. The molecule has 0 saturated carbocycles. The molecule has 2 aromatic carbocycles. The molecule has 146 valence electrons. The minimum atomic E-state index is -0.0955. The standard InChI is InChI=1S/C20H25NO5S/c1-4-25-16-6-8-17(9-7-16)27-14-20(22)21-15-5-10-18(24-3)19(13-15)26-12-11-23-2/h5-10,13H,4,11-12,14H2,1-3H3,(H,21,22). The van der Waals surface area contributed by atoms with Gasteiger partial charge in [0.25, 0.3) is 0 Å². The van der Waals surface area contributed by atoms with E-state index in [1.54, 1.807) is 32.4 Å². The van der Waals surface area contributed by atoms with E-state index in [1.165, 1.54) is 11.8 Å². The average molecular weight is 391 g/mol. The van der Waals surface area contributed by atoms with Crippen molar-refractivity contribution in [1.29, 1.82) is 0 Å². The van der Waals surface area contributed by atoms with Crippen LogP contribution >= 0.6 is 11.8 Å². The zero-order valence-electron chi connectivity index (χ0n) is 15.8. The van der Waals surface area contributed by atoms with Gasteiger partial charge in [-0.25, -0.2) is 0 Å². The van der Waals surface area contributed by atoms with Gasteiger partial charge < -0.3 is 24.3 Å². The normalized spacial score (nSPS) is 10.3. The van der Waals surface area contributed by atoms with Gasteiger partial charge in [-0.15, -0.1) is 11.8 Å². The molecule has 6 nitrogen and oxygen atoms in total. The number of hydrogen-bond donors (Lipinski definition) is 1. The molecule has 27 heavy (non-hydrogen) atoms. The topological polar surface area (TPSA) is 66.0 Å². The van der Waals surface area contributed by atoms with E-state index in [0.717, 1.165) is 10.6 Å². The van der Waals surface area contributed by atoms with Crippen LogP contribution in [0.2, 0.25) is 0 Å². The lowest BCUT2D eigenvalue weighted by Crippen LogP contribution is -2.14. The van der Waals surface area contributed by atoms with Crippen molar-refractivity contribution in [3.8, 4) is 17.2 Å².